The second-order valence-electron chi connectivity index (χ2n) is 16.8. The zero-order chi connectivity index (χ0) is 43.6. The van der Waals surface area contributed by atoms with Crippen molar-refractivity contribution in [1.29, 1.82) is 0 Å². The standard InChI is InChI=1S/C61H38N4O/c1-3-14-39(15-4-1)41-26-30-43(31-27-41)59-62-60(44-32-28-42(29-33-44)40-16-5-2-6-17-40)64-61(63-59)47-34-35-55(53(37-47)51-23-13-22-50-49-21-10-12-25-57(49)66-58(50)51)65-54-24-11-9-20-48(54)52-36-45-18-7-8-19-46(45)38-56(52)65/h1-38H. The van der Waals surface area contributed by atoms with Gasteiger partial charge >= 0.3 is 0 Å². The molecule has 5 heteroatoms. The van der Waals surface area contributed by atoms with Crippen LogP contribution in [0.1, 0.15) is 0 Å². The maximum absolute atomic E-state index is 6.78. The molecule has 13 rings (SSSR count). The topological polar surface area (TPSA) is 56.7 Å². The maximum atomic E-state index is 6.78. The first-order valence-electron chi connectivity index (χ1n) is 22.3. The highest BCUT2D eigenvalue weighted by Crippen LogP contribution is 2.43. The van der Waals surface area contributed by atoms with Gasteiger partial charge in [0.2, 0.25) is 0 Å². The lowest BCUT2D eigenvalue weighted by Crippen LogP contribution is -2.02. The molecule has 3 aromatic heterocycles. The van der Waals surface area contributed by atoms with Crippen molar-refractivity contribution >= 4 is 54.5 Å². The van der Waals surface area contributed by atoms with Gasteiger partial charge in [-0.25, -0.2) is 15.0 Å². The van der Waals surface area contributed by atoms with E-state index in [9.17, 15) is 0 Å². The van der Waals surface area contributed by atoms with Crippen molar-refractivity contribution in [1.82, 2.24) is 19.5 Å². The molecule has 13 aromatic rings. The van der Waals surface area contributed by atoms with Crippen molar-refractivity contribution in [3.8, 4) is 73.2 Å². The quantitative estimate of drug-likeness (QED) is 0.160. The second-order valence-corrected chi connectivity index (χ2v) is 16.8. The van der Waals surface area contributed by atoms with Crippen molar-refractivity contribution in [2.45, 2.75) is 0 Å². The zero-order valence-corrected chi connectivity index (χ0v) is 35.6. The van der Waals surface area contributed by atoms with Crippen LogP contribution in [0.5, 0.6) is 0 Å². The Bertz CT molecular complexity index is 3860. The minimum absolute atomic E-state index is 0.576. The van der Waals surface area contributed by atoms with Gasteiger partial charge in [-0.3, -0.25) is 0 Å². The summed E-state index contributed by atoms with van der Waals surface area (Å²) in [7, 11) is 0. The van der Waals surface area contributed by atoms with Crippen molar-refractivity contribution in [3.63, 3.8) is 0 Å². The minimum Gasteiger partial charge on any atom is -0.455 e. The van der Waals surface area contributed by atoms with Crippen LogP contribution in [0.4, 0.5) is 0 Å². The fourth-order valence-electron chi connectivity index (χ4n) is 9.61. The van der Waals surface area contributed by atoms with Crippen LogP contribution >= 0.6 is 0 Å². The highest BCUT2D eigenvalue weighted by Gasteiger charge is 2.22. The van der Waals surface area contributed by atoms with Crippen LogP contribution in [0, 0.1) is 0 Å². The second kappa shape index (κ2) is 15.4. The van der Waals surface area contributed by atoms with E-state index in [1.54, 1.807) is 0 Å². The summed E-state index contributed by atoms with van der Waals surface area (Å²) in [6.07, 6.45) is 0. The molecule has 0 fully saturated rings. The monoisotopic (exact) mass is 842 g/mol. The van der Waals surface area contributed by atoms with E-state index in [-0.39, 0.29) is 0 Å². The largest absolute Gasteiger partial charge is 0.455 e. The molecule has 10 aromatic carbocycles. The number of fused-ring (bicyclic) bond motifs is 7. The smallest absolute Gasteiger partial charge is 0.164 e. The molecular weight excluding hydrogens is 805 g/mol. The molecule has 308 valence electrons. The number of benzene rings is 10. The van der Waals surface area contributed by atoms with Crippen LogP contribution < -0.4 is 0 Å². The predicted molar refractivity (Wildman–Crippen MR) is 272 cm³/mol. The Hall–Kier alpha value is -8.93. The number of aromatic nitrogens is 4. The number of hydrogen-bond acceptors (Lipinski definition) is 4. The van der Waals surface area contributed by atoms with Gasteiger partial charge < -0.3 is 8.98 Å². The third kappa shape index (κ3) is 6.36. The SMILES string of the molecule is c1ccc(-c2ccc(-c3nc(-c4ccc(-c5ccccc5)cc4)nc(-c4ccc(-n5c6ccccc6c6cc7ccccc7cc65)c(-c5cccc6c5oc5ccccc56)c4)n3)cc2)cc1. The number of nitrogens with zero attached hydrogens (tertiary/aromatic N) is 4. The lowest BCUT2D eigenvalue weighted by Gasteiger charge is -2.17. The summed E-state index contributed by atoms with van der Waals surface area (Å²) in [6.45, 7) is 0. The van der Waals surface area contributed by atoms with E-state index in [1.807, 2.05) is 24.3 Å². The fraction of sp³-hybridized carbons (Fsp3) is 0. The molecule has 0 spiro atoms. The lowest BCUT2D eigenvalue weighted by molar-refractivity contribution is 0.670. The fourth-order valence-corrected chi connectivity index (χ4v) is 9.61. The summed E-state index contributed by atoms with van der Waals surface area (Å²) in [4.78, 5) is 15.7. The van der Waals surface area contributed by atoms with Crippen LogP contribution in [0.25, 0.3) is 128 Å². The Balaban J connectivity index is 1.05. The molecule has 0 unspecified atom stereocenters. The van der Waals surface area contributed by atoms with E-state index in [1.165, 1.54) is 21.5 Å². The highest BCUT2D eigenvalue weighted by molar-refractivity contribution is 6.15. The summed E-state index contributed by atoms with van der Waals surface area (Å²) >= 11 is 0. The average Bonchev–Trinajstić information content (AvgIpc) is 3.94. The van der Waals surface area contributed by atoms with Gasteiger partial charge in [0.1, 0.15) is 11.2 Å². The van der Waals surface area contributed by atoms with E-state index in [0.717, 1.165) is 88.7 Å². The Morgan fingerprint density at radius 3 is 1.47 bits per heavy atom. The number of furan rings is 1. The van der Waals surface area contributed by atoms with Crippen molar-refractivity contribution in [2.24, 2.45) is 0 Å². The number of hydrogen-bond donors (Lipinski definition) is 0. The molecule has 0 aliphatic carbocycles. The Kier molecular flexibility index (Phi) is 8.78. The molecule has 5 nitrogen and oxygen atoms in total. The van der Waals surface area contributed by atoms with E-state index in [2.05, 4.69) is 211 Å². The third-order valence-electron chi connectivity index (χ3n) is 12.9. The molecule has 0 aliphatic heterocycles. The molecule has 3 heterocycles. The highest BCUT2D eigenvalue weighted by atomic mass is 16.3. The molecule has 0 bridgehead atoms. The normalized spacial score (nSPS) is 11.6. The molecule has 0 N–H and O–H groups in total. The summed E-state index contributed by atoms with van der Waals surface area (Å²) in [5, 5.41) is 6.93. The lowest BCUT2D eigenvalue weighted by atomic mass is 9.97. The molecular formula is C61H38N4O. The summed E-state index contributed by atoms with van der Waals surface area (Å²) < 4.78 is 9.18. The Morgan fingerprint density at radius 1 is 0.303 bits per heavy atom. The van der Waals surface area contributed by atoms with Crippen molar-refractivity contribution in [2.75, 3.05) is 0 Å². The van der Waals surface area contributed by atoms with Crippen molar-refractivity contribution < 1.29 is 4.42 Å². The zero-order valence-electron chi connectivity index (χ0n) is 35.6. The van der Waals surface area contributed by atoms with Crippen LogP contribution in [0.3, 0.4) is 0 Å². The summed E-state index contributed by atoms with van der Waals surface area (Å²) in [6, 6.07) is 81.1. The third-order valence-corrected chi connectivity index (χ3v) is 12.9. The van der Waals surface area contributed by atoms with Crippen LogP contribution in [0.2, 0.25) is 0 Å². The Labute approximate surface area is 380 Å². The van der Waals surface area contributed by atoms with Crippen LogP contribution in [-0.2, 0) is 0 Å². The first-order valence-corrected chi connectivity index (χ1v) is 22.3. The van der Waals surface area contributed by atoms with Gasteiger partial charge in [0.25, 0.3) is 0 Å². The van der Waals surface area contributed by atoms with Crippen molar-refractivity contribution in [3.05, 3.63) is 231 Å². The average molecular weight is 843 g/mol. The van der Waals surface area contributed by atoms with Gasteiger partial charge in [-0.2, -0.15) is 0 Å². The molecule has 66 heavy (non-hydrogen) atoms. The van der Waals surface area contributed by atoms with Gasteiger partial charge in [-0.05, 0) is 75.5 Å². The van der Waals surface area contributed by atoms with Gasteiger partial charge in [-0.1, -0.05) is 188 Å². The van der Waals surface area contributed by atoms with Gasteiger partial charge in [-0.15, -0.1) is 0 Å². The van der Waals surface area contributed by atoms with E-state index >= 15 is 0 Å². The van der Waals surface area contributed by atoms with Crippen LogP contribution in [-0.4, -0.2) is 19.5 Å². The van der Waals surface area contributed by atoms with Crippen LogP contribution in [0.15, 0.2) is 235 Å². The summed E-state index contributed by atoms with van der Waals surface area (Å²) in [5.74, 6) is 1.77. The molecule has 0 radical (unpaired) electrons. The molecule has 0 saturated carbocycles. The van der Waals surface area contributed by atoms with Gasteiger partial charge in [0.05, 0.1) is 16.7 Å². The maximum Gasteiger partial charge on any atom is 0.164 e. The minimum atomic E-state index is 0.576. The van der Waals surface area contributed by atoms with E-state index in [0.29, 0.717) is 17.5 Å². The molecule has 0 aliphatic rings. The van der Waals surface area contributed by atoms with Gasteiger partial charge in [0, 0.05) is 49.4 Å². The first kappa shape index (κ1) is 37.6. The number of para-hydroxylation sites is 3. The molecule has 0 atom stereocenters. The predicted octanol–water partition coefficient (Wildman–Crippen LogP) is 16.0. The molecule has 0 saturated heterocycles. The first-order chi connectivity index (χ1) is 32.7. The summed E-state index contributed by atoms with van der Waals surface area (Å²) in [5.41, 5.74) is 14.2. The van der Waals surface area contributed by atoms with E-state index in [4.69, 9.17) is 19.4 Å². The number of rotatable bonds is 7. The van der Waals surface area contributed by atoms with Gasteiger partial charge in [0.15, 0.2) is 17.5 Å². The molecule has 0 amide bonds. The Morgan fingerprint density at radius 2 is 0.803 bits per heavy atom. The van der Waals surface area contributed by atoms with E-state index < -0.39 is 0 Å².